The highest BCUT2D eigenvalue weighted by Gasteiger charge is 2.06. The smallest absolute Gasteiger partial charge is 0.122 e. The molecule has 2 rings (SSSR count). The second kappa shape index (κ2) is 5.75. The molecule has 0 atom stereocenters. The highest BCUT2D eigenvalue weighted by molar-refractivity contribution is 7.80. The number of rotatable bonds is 4. The molecule has 0 aromatic carbocycles. The number of nitrogens with two attached hydrogens (primary N) is 1. The Bertz CT molecular complexity index is 598. The molecule has 0 bridgehead atoms. The Morgan fingerprint density at radius 3 is 2.84 bits per heavy atom. The molecule has 0 spiro atoms. The number of anilines is 1. The van der Waals surface area contributed by atoms with Crippen molar-refractivity contribution < 1.29 is 0 Å². The van der Waals surface area contributed by atoms with Crippen LogP contribution in [0.3, 0.4) is 0 Å². The van der Waals surface area contributed by atoms with Crippen LogP contribution >= 0.6 is 12.2 Å². The Labute approximate surface area is 118 Å². The summed E-state index contributed by atoms with van der Waals surface area (Å²) in [6.45, 7) is 2.71. The molecule has 0 radical (unpaired) electrons. The maximum Gasteiger partial charge on any atom is 0.122 e. The quantitative estimate of drug-likeness (QED) is 0.863. The number of aromatic nitrogens is 2. The summed E-state index contributed by atoms with van der Waals surface area (Å²) in [6.07, 6.45) is 1.71. The molecule has 2 N–H and O–H groups in total. The first-order valence-corrected chi connectivity index (χ1v) is 6.36. The molecule has 0 aliphatic rings. The van der Waals surface area contributed by atoms with Gasteiger partial charge in [0.1, 0.15) is 4.99 Å². The SMILES string of the molecule is Cc1cccc(CN(C)c2ccnc(C(N)=S)c2)n1. The van der Waals surface area contributed by atoms with E-state index in [2.05, 4.69) is 14.9 Å². The molecule has 0 unspecified atom stereocenters. The fraction of sp³-hybridized carbons (Fsp3) is 0.214. The van der Waals surface area contributed by atoms with Gasteiger partial charge in [-0.25, -0.2) is 0 Å². The van der Waals surface area contributed by atoms with E-state index in [0.29, 0.717) is 10.7 Å². The van der Waals surface area contributed by atoms with Gasteiger partial charge in [-0.2, -0.15) is 0 Å². The van der Waals surface area contributed by atoms with Crippen molar-refractivity contribution in [2.75, 3.05) is 11.9 Å². The average molecular weight is 272 g/mol. The van der Waals surface area contributed by atoms with Crippen LogP contribution in [0.1, 0.15) is 17.1 Å². The highest BCUT2D eigenvalue weighted by Crippen LogP contribution is 2.15. The fourth-order valence-electron chi connectivity index (χ4n) is 1.81. The van der Waals surface area contributed by atoms with Crippen LogP contribution in [0.5, 0.6) is 0 Å². The summed E-state index contributed by atoms with van der Waals surface area (Å²) in [5.41, 5.74) is 9.29. The average Bonchev–Trinajstić information content (AvgIpc) is 2.39. The number of hydrogen-bond donors (Lipinski definition) is 1. The van der Waals surface area contributed by atoms with E-state index in [-0.39, 0.29) is 0 Å². The standard InChI is InChI=1S/C14H16N4S/c1-10-4-3-5-11(17-10)9-18(2)12-6-7-16-13(8-12)14(15)19/h3-8H,9H2,1-2H3,(H2,15,19). The summed E-state index contributed by atoms with van der Waals surface area (Å²) in [6, 6.07) is 9.83. The van der Waals surface area contributed by atoms with Crippen molar-refractivity contribution in [1.82, 2.24) is 9.97 Å². The number of hydrogen-bond acceptors (Lipinski definition) is 4. The predicted octanol–water partition coefficient (Wildman–Crippen LogP) is 2.06. The molecule has 0 saturated carbocycles. The largest absolute Gasteiger partial charge is 0.388 e. The van der Waals surface area contributed by atoms with Crippen molar-refractivity contribution in [3.8, 4) is 0 Å². The maximum atomic E-state index is 5.59. The lowest BCUT2D eigenvalue weighted by Gasteiger charge is -2.19. The van der Waals surface area contributed by atoms with Crippen LogP contribution in [0.15, 0.2) is 36.5 Å². The summed E-state index contributed by atoms with van der Waals surface area (Å²) < 4.78 is 0. The zero-order valence-corrected chi connectivity index (χ0v) is 11.8. The lowest BCUT2D eigenvalue weighted by molar-refractivity contribution is 0.875. The summed E-state index contributed by atoms with van der Waals surface area (Å²) in [4.78, 5) is 11.0. The molecule has 2 aromatic heterocycles. The van der Waals surface area contributed by atoms with E-state index in [1.165, 1.54) is 0 Å². The molecule has 19 heavy (non-hydrogen) atoms. The van der Waals surface area contributed by atoms with Gasteiger partial charge in [-0.1, -0.05) is 18.3 Å². The Kier molecular flexibility index (Phi) is 4.06. The lowest BCUT2D eigenvalue weighted by atomic mass is 10.2. The molecule has 98 valence electrons. The van der Waals surface area contributed by atoms with Crippen LogP contribution < -0.4 is 10.6 Å². The number of nitrogens with zero attached hydrogens (tertiary/aromatic N) is 3. The van der Waals surface area contributed by atoms with Crippen molar-refractivity contribution in [1.29, 1.82) is 0 Å². The van der Waals surface area contributed by atoms with Gasteiger partial charge in [-0.3, -0.25) is 9.97 Å². The van der Waals surface area contributed by atoms with Gasteiger partial charge >= 0.3 is 0 Å². The van der Waals surface area contributed by atoms with Crippen LogP contribution in [-0.2, 0) is 6.54 Å². The van der Waals surface area contributed by atoms with Crippen LogP contribution in [0.4, 0.5) is 5.69 Å². The topological polar surface area (TPSA) is 55.0 Å². The minimum atomic E-state index is 0.309. The van der Waals surface area contributed by atoms with E-state index in [4.69, 9.17) is 18.0 Å². The Morgan fingerprint density at radius 1 is 1.37 bits per heavy atom. The van der Waals surface area contributed by atoms with Crippen molar-refractivity contribution >= 4 is 22.9 Å². The maximum absolute atomic E-state index is 5.59. The van der Waals surface area contributed by atoms with Gasteiger partial charge in [0, 0.05) is 24.6 Å². The van der Waals surface area contributed by atoms with Crippen LogP contribution in [-0.4, -0.2) is 22.0 Å². The third-order valence-corrected chi connectivity index (χ3v) is 2.99. The monoisotopic (exact) mass is 272 g/mol. The summed E-state index contributed by atoms with van der Waals surface area (Å²) in [7, 11) is 2.00. The van der Waals surface area contributed by atoms with Gasteiger partial charge in [-0.05, 0) is 31.2 Å². The minimum absolute atomic E-state index is 0.309. The summed E-state index contributed by atoms with van der Waals surface area (Å²) >= 11 is 4.94. The third-order valence-electron chi connectivity index (χ3n) is 2.78. The molecule has 2 aromatic rings. The van der Waals surface area contributed by atoms with Gasteiger partial charge in [0.2, 0.25) is 0 Å². The van der Waals surface area contributed by atoms with Crippen molar-refractivity contribution in [3.63, 3.8) is 0 Å². The fourth-order valence-corrected chi connectivity index (χ4v) is 1.93. The highest BCUT2D eigenvalue weighted by atomic mass is 32.1. The van der Waals surface area contributed by atoms with Crippen molar-refractivity contribution in [2.45, 2.75) is 13.5 Å². The zero-order chi connectivity index (χ0) is 13.8. The van der Waals surface area contributed by atoms with E-state index >= 15 is 0 Å². The third kappa shape index (κ3) is 3.48. The van der Waals surface area contributed by atoms with Gasteiger partial charge in [0.05, 0.1) is 17.9 Å². The number of aryl methyl sites for hydroxylation is 1. The lowest BCUT2D eigenvalue weighted by Crippen LogP contribution is -2.19. The van der Waals surface area contributed by atoms with Crippen LogP contribution in [0.25, 0.3) is 0 Å². The first-order valence-electron chi connectivity index (χ1n) is 5.96. The predicted molar refractivity (Wildman–Crippen MR) is 81.2 cm³/mol. The summed E-state index contributed by atoms with van der Waals surface area (Å²) in [5, 5.41) is 0. The van der Waals surface area contributed by atoms with Gasteiger partial charge in [0.15, 0.2) is 0 Å². The number of thiocarbonyl (C=S) groups is 1. The molecule has 0 aliphatic heterocycles. The normalized spacial score (nSPS) is 10.2. The molecular weight excluding hydrogens is 256 g/mol. The molecule has 5 heteroatoms. The zero-order valence-electron chi connectivity index (χ0n) is 11.0. The van der Waals surface area contributed by atoms with E-state index in [1.807, 2.05) is 44.3 Å². The summed E-state index contributed by atoms with van der Waals surface area (Å²) in [5.74, 6) is 0. The molecule has 4 nitrogen and oxygen atoms in total. The second-order valence-electron chi connectivity index (χ2n) is 4.39. The molecule has 0 aliphatic carbocycles. The molecule has 2 heterocycles. The van der Waals surface area contributed by atoms with Crippen molar-refractivity contribution in [3.05, 3.63) is 53.6 Å². The molecule has 0 saturated heterocycles. The van der Waals surface area contributed by atoms with E-state index < -0.39 is 0 Å². The number of pyridine rings is 2. The second-order valence-corrected chi connectivity index (χ2v) is 4.83. The van der Waals surface area contributed by atoms with E-state index in [0.717, 1.165) is 23.6 Å². The van der Waals surface area contributed by atoms with Crippen LogP contribution in [0, 0.1) is 6.92 Å². The Hall–Kier alpha value is -2.01. The van der Waals surface area contributed by atoms with Gasteiger partial charge in [0.25, 0.3) is 0 Å². The Balaban J connectivity index is 2.18. The molecular formula is C14H16N4S. The van der Waals surface area contributed by atoms with Gasteiger partial charge < -0.3 is 10.6 Å². The minimum Gasteiger partial charge on any atom is -0.388 e. The first kappa shape index (κ1) is 13.4. The molecule has 0 fully saturated rings. The van der Waals surface area contributed by atoms with Crippen molar-refractivity contribution in [2.24, 2.45) is 5.73 Å². The first-order chi connectivity index (χ1) is 9.06. The van der Waals surface area contributed by atoms with Gasteiger partial charge in [-0.15, -0.1) is 0 Å². The molecule has 0 amide bonds. The van der Waals surface area contributed by atoms with E-state index in [9.17, 15) is 0 Å². The Morgan fingerprint density at radius 2 is 2.16 bits per heavy atom. The van der Waals surface area contributed by atoms with Crippen LogP contribution in [0.2, 0.25) is 0 Å². The van der Waals surface area contributed by atoms with E-state index in [1.54, 1.807) is 6.20 Å².